The number of anilines is 1. The summed E-state index contributed by atoms with van der Waals surface area (Å²) in [5.74, 6) is 0.193. The number of nitrogen functional groups attached to an aromatic ring is 1. The van der Waals surface area contributed by atoms with Crippen LogP contribution in [0.15, 0.2) is 23.2 Å². The van der Waals surface area contributed by atoms with Gasteiger partial charge in [0.2, 0.25) is 0 Å². The summed E-state index contributed by atoms with van der Waals surface area (Å²) in [5.41, 5.74) is 7.19. The Balaban J connectivity index is 2.36. The third-order valence-electron chi connectivity index (χ3n) is 2.56. The Morgan fingerprint density at radius 3 is 2.95 bits per heavy atom. The predicted molar refractivity (Wildman–Crippen MR) is 77.6 cm³/mol. The number of ether oxygens (including phenoxy) is 1. The summed E-state index contributed by atoms with van der Waals surface area (Å²) >= 11 is 1.38. The number of thioether (sulfide) groups is 1. The Morgan fingerprint density at radius 2 is 2.25 bits per heavy atom. The molecule has 1 heterocycles. The Kier molecular flexibility index (Phi) is 4.75. The molecular weight excluding hydrogens is 278 g/mol. The zero-order valence-electron chi connectivity index (χ0n) is 11.0. The molecule has 0 aliphatic carbocycles. The van der Waals surface area contributed by atoms with Crippen molar-refractivity contribution in [2.24, 2.45) is 0 Å². The van der Waals surface area contributed by atoms with Gasteiger partial charge in [-0.2, -0.15) is 0 Å². The molecule has 20 heavy (non-hydrogen) atoms. The van der Waals surface area contributed by atoms with Gasteiger partial charge < -0.3 is 15.6 Å². The van der Waals surface area contributed by atoms with Crippen LogP contribution in [0.1, 0.15) is 12.2 Å². The number of hydrogen-bond donors (Lipinski definition) is 2. The fourth-order valence-electron chi connectivity index (χ4n) is 1.70. The summed E-state index contributed by atoms with van der Waals surface area (Å²) in [6.45, 7) is 0.312. The van der Waals surface area contributed by atoms with Crippen molar-refractivity contribution in [2.45, 2.75) is 18.1 Å². The maximum Gasteiger partial charge on any atom is 0.304 e. The van der Waals surface area contributed by atoms with Crippen LogP contribution in [-0.2, 0) is 16.1 Å². The van der Waals surface area contributed by atoms with Crippen molar-refractivity contribution >= 4 is 34.3 Å². The number of carboxylic acid groups (broad SMARTS) is 1. The van der Waals surface area contributed by atoms with Gasteiger partial charge in [0.1, 0.15) is 11.6 Å². The number of nitrogens with two attached hydrogens (primary N) is 1. The van der Waals surface area contributed by atoms with Crippen molar-refractivity contribution < 1.29 is 14.6 Å². The molecule has 0 aliphatic rings. The van der Waals surface area contributed by atoms with E-state index in [-0.39, 0.29) is 6.42 Å². The molecule has 0 amide bonds. The standard InChI is InChI=1S/C13H15N3O3S/c1-19-7-11-15-10-3-2-8(14)6-9(10)13(16-11)20-5-4-12(17)18/h2-3,6H,4-5,7,14H2,1H3,(H,17,18). The quantitative estimate of drug-likeness (QED) is 0.477. The Hall–Kier alpha value is -1.86. The lowest BCUT2D eigenvalue weighted by Gasteiger charge is -2.08. The van der Waals surface area contributed by atoms with Gasteiger partial charge in [-0.25, -0.2) is 9.97 Å². The lowest BCUT2D eigenvalue weighted by Crippen LogP contribution is -2.01. The average molecular weight is 293 g/mol. The second-order valence-electron chi connectivity index (χ2n) is 4.15. The highest BCUT2D eigenvalue weighted by molar-refractivity contribution is 7.99. The second kappa shape index (κ2) is 6.53. The number of rotatable bonds is 6. The molecule has 106 valence electrons. The van der Waals surface area contributed by atoms with E-state index < -0.39 is 5.97 Å². The molecule has 2 rings (SSSR count). The minimum absolute atomic E-state index is 0.0814. The Bertz CT molecular complexity index is 634. The van der Waals surface area contributed by atoms with Gasteiger partial charge in [0.15, 0.2) is 5.82 Å². The molecule has 0 bridgehead atoms. The van der Waals surface area contributed by atoms with Crippen LogP contribution in [0.5, 0.6) is 0 Å². The fourth-order valence-corrected chi connectivity index (χ4v) is 2.66. The summed E-state index contributed by atoms with van der Waals surface area (Å²) < 4.78 is 5.05. The summed E-state index contributed by atoms with van der Waals surface area (Å²) in [6.07, 6.45) is 0.0814. The highest BCUT2D eigenvalue weighted by Crippen LogP contribution is 2.27. The molecule has 7 heteroatoms. The number of benzene rings is 1. The number of nitrogens with zero attached hydrogens (tertiary/aromatic N) is 2. The lowest BCUT2D eigenvalue weighted by molar-refractivity contribution is -0.136. The number of fused-ring (bicyclic) bond motifs is 1. The zero-order valence-corrected chi connectivity index (χ0v) is 11.8. The normalized spacial score (nSPS) is 10.8. The van der Waals surface area contributed by atoms with Crippen molar-refractivity contribution in [2.75, 3.05) is 18.6 Å². The van der Waals surface area contributed by atoms with E-state index in [1.165, 1.54) is 11.8 Å². The molecular formula is C13H15N3O3S. The maximum atomic E-state index is 10.6. The monoisotopic (exact) mass is 293 g/mol. The van der Waals surface area contributed by atoms with E-state index in [1.54, 1.807) is 19.2 Å². The van der Waals surface area contributed by atoms with Gasteiger partial charge in [-0.15, -0.1) is 11.8 Å². The second-order valence-corrected chi connectivity index (χ2v) is 5.23. The van der Waals surface area contributed by atoms with E-state index in [2.05, 4.69) is 9.97 Å². The smallest absolute Gasteiger partial charge is 0.304 e. The van der Waals surface area contributed by atoms with Crippen LogP contribution >= 0.6 is 11.8 Å². The lowest BCUT2D eigenvalue weighted by atomic mass is 10.2. The highest BCUT2D eigenvalue weighted by atomic mass is 32.2. The first kappa shape index (κ1) is 14.5. The number of hydrogen-bond acceptors (Lipinski definition) is 6. The van der Waals surface area contributed by atoms with Gasteiger partial charge in [0.25, 0.3) is 0 Å². The van der Waals surface area contributed by atoms with Crippen LogP contribution in [-0.4, -0.2) is 33.9 Å². The molecule has 0 aliphatic heterocycles. The molecule has 1 aromatic heterocycles. The highest BCUT2D eigenvalue weighted by Gasteiger charge is 2.09. The Morgan fingerprint density at radius 1 is 1.45 bits per heavy atom. The van der Waals surface area contributed by atoms with Gasteiger partial charge in [0, 0.05) is 23.9 Å². The molecule has 0 spiro atoms. The summed E-state index contributed by atoms with van der Waals surface area (Å²) in [5, 5.41) is 10.3. The van der Waals surface area contributed by atoms with Gasteiger partial charge in [-0.3, -0.25) is 4.79 Å². The van der Waals surface area contributed by atoms with Gasteiger partial charge in [-0.05, 0) is 18.2 Å². The number of aliphatic carboxylic acids is 1. The van der Waals surface area contributed by atoms with Gasteiger partial charge in [-0.1, -0.05) is 0 Å². The predicted octanol–water partition coefficient (Wildman–Crippen LogP) is 1.93. The largest absolute Gasteiger partial charge is 0.481 e. The minimum Gasteiger partial charge on any atom is -0.481 e. The first-order valence-corrected chi connectivity index (χ1v) is 6.98. The van der Waals surface area contributed by atoms with E-state index in [0.717, 1.165) is 15.9 Å². The van der Waals surface area contributed by atoms with Crippen molar-refractivity contribution in [1.82, 2.24) is 9.97 Å². The van der Waals surface area contributed by atoms with Crippen LogP contribution in [0.3, 0.4) is 0 Å². The third kappa shape index (κ3) is 3.58. The van der Waals surface area contributed by atoms with Crippen LogP contribution in [0.4, 0.5) is 5.69 Å². The van der Waals surface area contributed by atoms with Crippen LogP contribution in [0, 0.1) is 0 Å². The molecule has 2 aromatic rings. The topological polar surface area (TPSA) is 98.3 Å². The molecule has 6 nitrogen and oxygen atoms in total. The molecule has 0 radical (unpaired) electrons. The average Bonchev–Trinajstić information content (AvgIpc) is 2.39. The first-order chi connectivity index (χ1) is 9.60. The van der Waals surface area contributed by atoms with Crippen molar-refractivity contribution in [1.29, 1.82) is 0 Å². The number of methoxy groups -OCH3 is 1. The molecule has 0 atom stereocenters. The zero-order chi connectivity index (χ0) is 14.5. The van der Waals surface area contributed by atoms with Crippen LogP contribution < -0.4 is 5.73 Å². The molecule has 0 fully saturated rings. The molecule has 0 unspecified atom stereocenters. The van der Waals surface area contributed by atoms with E-state index in [1.807, 2.05) is 6.07 Å². The van der Waals surface area contributed by atoms with Gasteiger partial charge >= 0.3 is 5.97 Å². The first-order valence-electron chi connectivity index (χ1n) is 6.00. The molecule has 1 aromatic carbocycles. The van der Waals surface area contributed by atoms with E-state index in [4.69, 9.17) is 15.6 Å². The SMILES string of the molecule is COCc1nc(SCCC(=O)O)c2cc(N)ccc2n1. The third-order valence-corrected chi connectivity index (χ3v) is 3.55. The van der Waals surface area contributed by atoms with Crippen molar-refractivity contribution in [3.63, 3.8) is 0 Å². The number of aromatic nitrogens is 2. The molecule has 0 saturated heterocycles. The Labute approximate surface area is 120 Å². The van der Waals surface area contributed by atoms with E-state index in [9.17, 15) is 4.79 Å². The molecule has 3 N–H and O–H groups in total. The molecule has 0 saturated carbocycles. The van der Waals surface area contributed by atoms with Crippen molar-refractivity contribution in [3.05, 3.63) is 24.0 Å². The van der Waals surface area contributed by atoms with Gasteiger partial charge in [0.05, 0.1) is 11.9 Å². The summed E-state index contributed by atoms with van der Waals surface area (Å²) in [4.78, 5) is 19.4. The minimum atomic E-state index is -0.826. The van der Waals surface area contributed by atoms with E-state index >= 15 is 0 Å². The fraction of sp³-hybridized carbons (Fsp3) is 0.308. The number of carbonyl (C=O) groups is 1. The van der Waals surface area contributed by atoms with Crippen molar-refractivity contribution in [3.8, 4) is 0 Å². The maximum absolute atomic E-state index is 10.6. The van der Waals surface area contributed by atoms with Crippen LogP contribution in [0.2, 0.25) is 0 Å². The summed E-state index contributed by atoms with van der Waals surface area (Å²) in [6, 6.07) is 5.40. The number of carboxylic acids is 1. The summed E-state index contributed by atoms with van der Waals surface area (Å²) in [7, 11) is 1.58. The van der Waals surface area contributed by atoms with Crippen LogP contribution in [0.25, 0.3) is 10.9 Å². The van der Waals surface area contributed by atoms with E-state index in [0.29, 0.717) is 23.9 Å².